The van der Waals surface area contributed by atoms with Crippen molar-refractivity contribution >= 4 is 12.1 Å². The first-order chi connectivity index (χ1) is 11.1. The van der Waals surface area contributed by atoms with Crippen molar-refractivity contribution in [3.63, 3.8) is 0 Å². The summed E-state index contributed by atoms with van der Waals surface area (Å²) in [4.78, 5) is 26.8. The minimum Gasteiger partial charge on any atom is -0.467 e. The molecule has 0 spiro atoms. The van der Waals surface area contributed by atoms with Gasteiger partial charge in [0.25, 0.3) is 0 Å². The average Bonchev–Trinajstić information content (AvgIpc) is 2.77. The van der Waals surface area contributed by atoms with Gasteiger partial charge in [0, 0.05) is 11.5 Å². The van der Waals surface area contributed by atoms with Crippen molar-refractivity contribution < 1.29 is 19.1 Å². The van der Waals surface area contributed by atoms with Gasteiger partial charge in [-0.3, -0.25) is 4.90 Å². The van der Waals surface area contributed by atoms with Crippen LogP contribution in [0.1, 0.15) is 52.5 Å². The quantitative estimate of drug-likeness (QED) is 0.774. The van der Waals surface area contributed by atoms with Gasteiger partial charge in [-0.25, -0.2) is 9.59 Å². The summed E-state index contributed by atoms with van der Waals surface area (Å²) in [6.07, 6.45) is 0.178. The predicted octanol–water partition coefficient (Wildman–Crippen LogP) is 3.73. The number of esters is 1. The Morgan fingerprint density at radius 1 is 1.17 bits per heavy atom. The molecule has 0 saturated carbocycles. The highest BCUT2D eigenvalue weighted by molar-refractivity contribution is 5.84. The van der Waals surface area contributed by atoms with Gasteiger partial charge in [-0.15, -0.1) is 0 Å². The Labute approximate surface area is 143 Å². The number of rotatable bonds is 2. The van der Waals surface area contributed by atoms with Gasteiger partial charge in [-0.1, -0.05) is 30.3 Å². The number of carbonyl (C=O) groups excluding carboxylic acids is 2. The molecule has 1 aromatic carbocycles. The second kappa shape index (κ2) is 6.46. The van der Waals surface area contributed by atoms with E-state index in [1.807, 2.05) is 65.0 Å². The van der Waals surface area contributed by atoms with Gasteiger partial charge < -0.3 is 9.47 Å². The van der Waals surface area contributed by atoms with E-state index >= 15 is 0 Å². The number of hydrogen-bond donors (Lipinski definition) is 0. The molecule has 1 amide bonds. The maximum absolute atomic E-state index is 12.8. The minimum atomic E-state index is -0.692. The molecule has 2 atom stereocenters. The van der Waals surface area contributed by atoms with Crippen molar-refractivity contribution in [1.82, 2.24) is 4.90 Å². The first kappa shape index (κ1) is 18.3. The molecule has 0 N–H and O–H groups in total. The summed E-state index contributed by atoms with van der Waals surface area (Å²) in [6, 6.07) is 9.08. The van der Waals surface area contributed by atoms with Gasteiger partial charge in [0.1, 0.15) is 11.6 Å². The Morgan fingerprint density at radius 2 is 1.75 bits per heavy atom. The first-order valence-electron chi connectivity index (χ1n) is 8.22. The zero-order valence-electron chi connectivity index (χ0n) is 15.3. The summed E-state index contributed by atoms with van der Waals surface area (Å²) in [5.41, 5.74) is -0.118. The second-order valence-corrected chi connectivity index (χ2v) is 7.85. The van der Waals surface area contributed by atoms with Crippen LogP contribution in [0.25, 0.3) is 0 Å². The zero-order valence-corrected chi connectivity index (χ0v) is 15.3. The van der Waals surface area contributed by atoms with Crippen LogP contribution >= 0.6 is 0 Å². The summed E-state index contributed by atoms with van der Waals surface area (Å²) in [7, 11) is 1.35. The molecule has 1 aliphatic heterocycles. The van der Waals surface area contributed by atoms with Gasteiger partial charge in [0.15, 0.2) is 0 Å². The van der Waals surface area contributed by atoms with Gasteiger partial charge >= 0.3 is 12.1 Å². The number of likely N-dealkylation sites (tertiary alicyclic amines) is 1. The maximum Gasteiger partial charge on any atom is 0.411 e. The molecular weight excluding hydrogens is 306 g/mol. The highest BCUT2D eigenvalue weighted by atomic mass is 16.6. The number of carbonyl (C=O) groups is 2. The molecule has 1 saturated heterocycles. The molecule has 0 aliphatic carbocycles. The topological polar surface area (TPSA) is 55.8 Å². The average molecular weight is 333 g/mol. The molecule has 24 heavy (non-hydrogen) atoms. The van der Waals surface area contributed by atoms with E-state index in [-0.39, 0.29) is 5.92 Å². The fraction of sp³-hybridized carbons (Fsp3) is 0.579. The number of methoxy groups -OCH3 is 1. The van der Waals surface area contributed by atoms with Crippen molar-refractivity contribution in [3.8, 4) is 0 Å². The lowest BCUT2D eigenvalue weighted by Crippen LogP contribution is -2.52. The third kappa shape index (κ3) is 3.71. The van der Waals surface area contributed by atoms with Crippen molar-refractivity contribution in [2.24, 2.45) is 0 Å². The highest BCUT2D eigenvalue weighted by Crippen LogP contribution is 2.44. The van der Waals surface area contributed by atoms with Crippen LogP contribution in [0.2, 0.25) is 0 Å². The number of hydrogen-bond acceptors (Lipinski definition) is 4. The SMILES string of the molecule is COC(=O)[C@@H]1[C@H](c2ccccc2)CC(C)(C)N1C(=O)OC(C)(C)C. The smallest absolute Gasteiger partial charge is 0.411 e. The molecule has 1 aromatic rings. The molecule has 0 unspecified atom stereocenters. The summed E-state index contributed by atoms with van der Waals surface area (Å²) in [5, 5.41) is 0. The third-order valence-electron chi connectivity index (χ3n) is 4.29. The van der Waals surface area contributed by atoms with E-state index < -0.39 is 29.2 Å². The van der Waals surface area contributed by atoms with Gasteiger partial charge in [-0.05, 0) is 46.6 Å². The molecule has 132 valence electrons. The fourth-order valence-electron chi connectivity index (χ4n) is 3.37. The van der Waals surface area contributed by atoms with E-state index in [4.69, 9.17) is 9.47 Å². The first-order valence-corrected chi connectivity index (χ1v) is 8.22. The zero-order chi connectivity index (χ0) is 18.1. The Morgan fingerprint density at radius 3 is 2.25 bits per heavy atom. The standard InChI is InChI=1S/C19H27NO4/c1-18(2,3)24-17(22)20-15(16(21)23-6)14(12-19(20,4)5)13-10-8-7-9-11-13/h7-11,14-15H,12H2,1-6H3/t14-,15-/m0/s1. The summed E-state index contributed by atoms with van der Waals surface area (Å²) >= 11 is 0. The van der Waals surface area contributed by atoms with Crippen LogP contribution in [0.4, 0.5) is 4.79 Å². The normalized spacial score (nSPS) is 23.0. The van der Waals surface area contributed by atoms with Crippen LogP contribution in [0.15, 0.2) is 30.3 Å². The van der Waals surface area contributed by atoms with Crippen LogP contribution in [-0.4, -0.2) is 41.3 Å². The lowest BCUT2D eigenvalue weighted by atomic mass is 9.88. The Hall–Kier alpha value is -2.04. The molecule has 1 heterocycles. The van der Waals surface area contributed by atoms with Crippen molar-refractivity contribution in [3.05, 3.63) is 35.9 Å². The molecule has 5 nitrogen and oxygen atoms in total. The van der Waals surface area contributed by atoms with E-state index in [0.29, 0.717) is 6.42 Å². The molecule has 0 bridgehead atoms. The lowest BCUT2D eigenvalue weighted by molar-refractivity contribution is -0.147. The van der Waals surface area contributed by atoms with E-state index in [1.54, 1.807) is 4.90 Å². The minimum absolute atomic E-state index is 0.124. The lowest BCUT2D eigenvalue weighted by Gasteiger charge is -2.36. The van der Waals surface area contributed by atoms with Gasteiger partial charge in [0.05, 0.1) is 7.11 Å². The van der Waals surface area contributed by atoms with Crippen molar-refractivity contribution in [1.29, 1.82) is 0 Å². The molecule has 1 aliphatic rings. The van der Waals surface area contributed by atoms with Crippen LogP contribution in [0, 0.1) is 0 Å². The van der Waals surface area contributed by atoms with Crippen molar-refractivity contribution in [2.45, 2.75) is 64.1 Å². The third-order valence-corrected chi connectivity index (χ3v) is 4.29. The largest absolute Gasteiger partial charge is 0.467 e. The molecule has 0 radical (unpaired) electrons. The van der Waals surface area contributed by atoms with E-state index in [2.05, 4.69) is 0 Å². The number of ether oxygens (including phenoxy) is 2. The van der Waals surface area contributed by atoms with Crippen LogP contribution in [0.5, 0.6) is 0 Å². The Bertz CT molecular complexity index is 604. The van der Waals surface area contributed by atoms with Crippen molar-refractivity contribution in [2.75, 3.05) is 7.11 Å². The van der Waals surface area contributed by atoms with E-state index in [9.17, 15) is 9.59 Å². The van der Waals surface area contributed by atoms with Gasteiger partial charge in [-0.2, -0.15) is 0 Å². The Balaban J connectivity index is 2.43. The molecule has 2 rings (SSSR count). The van der Waals surface area contributed by atoms with E-state index in [0.717, 1.165) is 5.56 Å². The van der Waals surface area contributed by atoms with Gasteiger partial charge in [0.2, 0.25) is 0 Å². The van der Waals surface area contributed by atoms with Crippen LogP contribution < -0.4 is 0 Å². The maximum atomic E-state index is 12.8. The Kier molecular flexibility index (Phi) is 4.92. The number of benzene rings is 1. The summed E-state index contributed by atoms with van der Waals surface area (Å²) in [5.74, 6) is -0.540. The van der Waals surface area contributed by atoms with Crippen LogP contribution in [-0.2, 0) is 14.3 Å². The summed E-state index contributed by atoms with van der Waals surface area (Å²) in [6.45, 7) is 9.35. The highest BCUT2D eigenvalue weighted by Gasteiger charge is 2.54. The number of nitrogens with zero attached hydrogens (tertiary/aromatic N) is 1. The molecular formula is C19H27NO4. The fourth-order valence-corrected chi connectivity index (χ4v) is 3.37. The molecule has 0 aromatic heterocycles. The second-order valence-electron chi connectivity index (χ2n) is 7.85. The monoisotopic (exact) mass is 333 g/mol. The summed E-state index contributed by atoms with van der Waals surface area (Å²) < 4.78 is 10.5. The van der Waals surface area contributed by atoms with E-state index in [1.165, 1.54) is 7.11 Å². The number of amides is 1. The van der Waals surface area contributed by atoms with Crippen LogP contribution in [0.3, 0.4) is 0 Å². The molecule has 5 heteroatoms. The predicted molar refractivity (Wildman–Crippen MR) is 91.8 cm³/mol. The molecule has 1 fully saturated rings.